The van der Waals surface area contributed by atoms with Gasteiger partial charge in [0.15, 0.2) is 0 Å². The fourth-order valence-electron chi connectivity index (χ4n) is 1.65. The van der Waals surface area contributed by atoms with E-state index in [4.69, 9.17) is 23.2 Å². The Kier molecular flexibility index (Phi) is 2.03. The van der Waals surface area contributed by atoms with Gasteiger partial charge >= 0.3 is 0 Å². The third-order valence-corrected chi connectivity index (χ3v) is 2.73. The Labute approximate surface area is 80.9 Å². The second-order valence-corrected chi connectivity index (χ2v) is 3.86. The molecule has 3 heteroatoms. The maximum atomic E-state index is 9.53. The van der Waals surface area contributed by atoms with Crippen molar-refractivity contribution in [3.05, 3.63) is 33.3 Å². The summed E-state index contributed by atoms with van der Waals surface area (Å²) in [5.74, 6) is 0. The number of benzene rings is 1. The van der Waals surface area contributed by atoms with Crippen LogP contribution in [-0.2, 0) is 6.42 Å². The van der Waals surface area contributed by atoms with Gasteiger partial charge in [-0.05, 0) is 30.5 Å². The topological polar surface area (TPSA) is 20.2 Å². The van der Waals surface area contributed by atoms with Crippen molar-refractivity contribution in [2.45, 2.75) is 18.9 Å². The highest BCUT2D eigenvalue weighted by molar-refractivity contribution is 6.35. The van der Waals surface area contributed by atoms with Crippen LogP contribution in [-0.4, -0.2) is 5.11 Å². The lowest BCUT2D eigenvalue weighted by Crippen LogP contribution is -1.91. The first-order valence-corrected chi connectivity index (χ1v) is 4.60. The van der Waals surface area contributed by atoms with Crippen LogP contribution < -0.4 is 0 Å². The maximum absolute atomic E-state index is 9.53. The lowest BCUT2D eigenvalue weighted by atomic mass is 10.1. The molecule has 0 saturated heterocycles. The quantitative estimate of drug-likeness (QED) is 0.687. The van der Waals surface area contributed by atoms with Crippen molar-refractivity contribution in [2.75, 3.05) is 0 Å². The minimum atomic E-state index is -0.398. The Morgan fingerprint density at radius 2 is 2.08 bits per heavy atom. The Bertz CT molecular complexity index is 323. The van der Waals surface area contributed by atoms with Crippen molar-refractivity contribution in [1.29, 1.82) is 0 Å². The molecule has 64 valence electrons. The molecule has 2 rings (SSSR count). The number of hydrogen-bond acceptors (Lipinski definition) is 1. The highest BCUT2D eigenvalue weighted by Gasteiger charge is 2.23. The van der Waals surface area contributed by atoms with Gasteiger partial charge in [-0.2, -0.15) is 0 Å². The first kappa shape index (κ1) is 8.36. The van der Waals surface area contributed by atoms with E-state index < -0.39 is 6.10 Å². The highest BCUT2D eigenvalue weighted by Crippen LogP contribution is 2.38. The Morgan fingerprint density at radius 1 is 1.33 bits per heavy atom. The zero-order chi connectivity index (χ0) is 8.72. The van der Waals surface area contributed by atoms with Gasteiger partial charge in [0.1, 0.15) is 0 Å². The maximum Gasteiger partial charge on any atom is 0.0810 e. The van der Waals surface area contributed by atoms with E-state index in [0.717, 1.165) is 24.0 Å². The summed E-state index contributed by atoms with van der Waals surface area (Å²) in [5.41, 5.74) is 1.95. The van der Waals surface area contributed by atoms with Gasteiger partial charge in [0.2, 0.25) is 0 Å². The summed E-state index contributed by atoms with van der Waals surface area (Å²) in [6.07, 6.45) is 1.23. The van der Waals surface area contributed by atoms with E-state index in [2.05, 4.69) is 0 Å². The summed E-state index contributed by atoms with van der Waals surface area (Å²) in [6.45, 7) is 0. The van der Waals surface area contributed by atoms with Gasteiger partial charge in [0, 0.05) is 15.6 Å². The highest BCUT2D eigenvalue weighted by atomic mass is 35.5. The van der Waals surface area contributed by atoms with Crippen LogP contribution >= 0.6 is 23.2 Å². The molecule has 0 spiro atoms. The zero-order valence-electron chi connectivity index (χ0n) is 6.35. The minimum absolute atomic E-state index is 0.398. The summed E-state index contributed by atoms with van der Waals surface area (Å²) in [7, 11) is 0. The van der Waals surface area contributed by atoms with Crippen LogP contribution in [0.15, 0.2) is 12.1 Å². The van der Waals surface area contributed by atoms with Crippen LogP contribution in [0, 0.1) is 0 Å². The summed E-state index contributed by atoms with van der Waals surface area (Å²) in [6, 6.07) is 3.55. The van der Waals surface area contributed by atoms with E-state index in [0.29, 0.717) is 10.0 Å². The summed E-state index contributed by atoms with van der Waals surface area (Å²) >= 11 is 11.7. The van der Waals surface area contributed by atoms with Gasteiger partial charge in [0.25, 0.3) is 0 Å². The first-order chi connectivity index (χ1) is 5.68. The number of rotatable bonds is 0. The Morgan fingerprint density at radius 3 is 2.83 bits per heavy atom. The molecule has 1 aliphatic rings. The molecule has 0 aliphatic heterocycles. The van der Waals surface area contributed by atoms with Crippen LogP contribution in [0.3, 0.4) is 0 Å². The summed E-state index contributed by atoms with van der Waals surface area (Å²) < 4.78 is 0. The fraction of sp³-hybridized carbons (Fsp3) is 0.333. The number of halogens is 2. The minimum Gasteiger partial charge on any atom is -0.388 e. The number of aryl methyl sites for hydroxylation is 1. The number of aliphatic hydroxyl groups is 1. The van der Waals surface area contributed by atoms with Gasteiger partial charge in [-0.3, -0.25) is 0 Å². The number of aliphatic hydroxyl groups excluding tert-OH is 1. The third-order valence-electron chi connectivity index (χ3n) is 2.20. The fourth-order valence-corrected chi connectivity index (χ4v) is 2.32. The second kappa shape index (κ2) is 2.91. The van der Waals surface area contributed by atoms with Crippen LogP contribution in [0.25, 0.3) is 0 Å². The molecule has 0 saturated carbocycles. The molecular formula is C9H8Cl2O. The van der Waals surface area contributed by atoms with Crippen LogP contribution in [0.4, 0.5) is 0 Å². The van der Waals surface area contributed by atoms with Crippen molar-refractivity contribution >= 4 is 23.2 Å². The molecule has 0 bridgehead atoms. The normalized spacial score (nSPS) is 21.1. The average molecular weight is 203 g/mol. The number of fused-ring (bicyclic) bond motifs is 1. The van der Waals surface area contributed by atoms with Crippen molar-refractivity contribution in [3.8, 4) is 0 Å². The van der Waals surface area contributed by atoms with Crippen molar-refractivity contribution in [1.82, 2.24) is 0 Å². The van der Waals surface area contributed by atoms with Crippen molar-refractivity contribution in [2.24, 2.45) is 0 Å². The van der Waals surface area contributed by atoms with Crippen molar-refractivity contribution < 1.29 is 5.11 Å². The molecule has 0 amide bonds. The monoisotopic (exact) mass is 202 g/mol. The zero-order valence-corrected chi connectivity index (χ0v) is 7.86. The predicted molar refractivity (Wildman–Crippen MR) is 49.7 cm³/mol. The van der Waals surface area contributed by atoms with Gasteiger partial charge in [-0.25, -0.2) is 0 Å². The first-order valence-electron chi connectivity index (χ1n) is 3.84. The lowest BCUT2D eigenvalue weighted by molar-refractivity contribution is 0.180. The van der Waals surface area contributed by atoms with Gasteiger partial charge in [0.05, 0.1) is 6.10 Å². The van der Waals surface area contributed by atoms with E-state index >= 15 is 0 Å². The van der Waals surface area contributed by atoms with Gasteiger partial charge in [-0.1, -0.05) is 23.2 Å². The number of hydrogen-bond donors (Lipinski definition) is 1. The van der Waals surface area contributed by atoms with Crippen molar-refractivity contribution in [3.63, 3.8) is 0 Å². The van der Waals surface area contributed by atoms with Crippen LogP contribution in [0.2, 0.25) is 10.0 Å². The molecule has 1 unspecified atom stereocenters. The largest absolute Gasteiger partial charge is 0.388 e. The predicted octanol–water partition coefficient (Wildman–Crippen LogP) is 2.97. The molecule has 0 fully saturated rings. The summed E-state index contributed by atoms with van der Waals surface area (Å²) in [5, 5.41) is 10.8. The molecular weight excluding hydrogens is 195 g/mol. The van der Waals surface area contributed by atoms with E-state index in [-0.39, 0.29) is 0 Å². The standard InChI is InChI=1S/C9H8Cl2O/c10-6-3-5-1-2-8(12)9(5)7(11)4-6/h3-4,8,12H,1-2H2. The van der Waals surface area contributed by atoms with E-state index in [1.54, 1.807) is 6.07 Å². The molecule has 0 aromatic heterocycles. The molecule has 1 aromatic carbocycles. The Hall–Kier alpha value is -0.240. The molecule has 0 heterocycles. The SMILES string of the molecule is OC1CCc2cc(Cl)cc(Cl)c21. The van der Waals surface area contributed by atoms with Crippen LogP contribution in [0.5, 0.6) is 0 Å². The molecule has 12 heavy (non-hydrogen) atoms. The molecule has 0 radical (unpaired) electrons. The molecule has 1 N–H and O–H groups in total. The Balaban J connectivity index is 2.60. The van der Waals surface area contributed by atoms with E-state index in [1.807, 2.05) is 6.07 Å². The van der Waals surface area contributed by atoms with E-state index in [9.17, 15) is 5.11 Å². The van der Waals surface area contributed by atoms with Gasteiger partial charge in [-0.15, -0.1) is 0 Å². The smallest absolute Gasteiger partial charge is 0.0810 e. The third kappa shape index (κ3) is 1.22. The molecule has 1 atom stereocenters. The summed E-state index contributed by atoms with van der Waals surface area (Å²) in [4.78, 5) is 0. The molecule has 1 aromatic rings. The van der Waals surface area contributed by atoms with Gasteiger partial charge < -0.3 is 5.11 Å². The van der Waals surface area contributed by atoms with Crippen LogP contribution in [0.1, 0.15) is 23.7 Å². The average Bonchev–Trinajstić information content (AvgIpc) is 2.31. The molecule has 1 nitrogen and oxygen atoms in total. The molecule has 1 aliphatic carbocycles. The second-order valence-electron chi connectivity index (χ2n) is 3.01. The lowest BCUT2D eigenvalue weighted by Gasteiger charge is -2.06. The van der Waals surface area contributed by atoms with E-state index in [1.165, 1.54) is 0 Å².